The number of amides is 2. The minimum Gasteiger partial charge on any atom is -0.466 e. The molecule has 0 atom stereocenters. The van der Waals surface area contributed by atoms with Gasteiger partial charge in [0.15, 0.2) is 0 Å². The van der Waals surface area contributed by atoms with Crippen molar-refractivity contribution in [1.29, 1.82) is 0 Å². The zero-order valence-electron chi connectivity index (χ0n) is 18.8. The molecule has 1 aromatic rings. The maximum Gasteiger partial charge on any atom is 0.397 e. The number of anilines is 2. The highest BCUT2D eigenvalue weighted by atomic mass is 16.6. The lowest BCUT2D eigenvalue weighted by atomic mass is 10.1. The molecule has 0 unspecified atom stereocenters. The molecule has 1 heterocycles. The van der Waals surface area contributed by atoms with Gasteiger partial charge in [-0.3, -0.25) is 14.4 Å². The van der Waals surface area contributed by atoms with Gasteiger partial charge in [0.1, 0.15) is 5.60 Å². The highest BCUT2D eigenvalue weighted by molar-refractivity contribution is 6.38. The van der Waals surface area contributed by atoms with Gasteiger partial charge in [-0.2, -0.15) is 0 Å². The van der Waals surface area contributed by atoms with Crippen LogP contribution in [0.2, 0.25) is 0 Å². The first kappa shape index (κ1) is 24.4. The van der Waals surface area contributed by atoms with Crippen LogP contribution in [0.4, 0.5) is 11.4 Å². The van der Waals surface area contributed by atoms with E-state index in [0.717, 1.165) is 18.5 Å². The molecule has 170 valence electrons. The van der Waals surface area contributed by atoms with Gasteiger partial charge in [-0.05, 0) is 71.2 Å². The van der Waals surface area contributed by atoms with Crippen molar-refractivity contribution in [3.8, 4) is 0 Å². The van der Waals surface area contributed by atoms with Gasteiger partial charge in [0.2, 0.25) is 5.91 Å². The second-order valence-corrected chi connectivity index (χ2v) is 8.39. The summed E-state index contributed by atoms with van der Waals surface area (Å²) in [4.78, 5) is 52.0. The van der Waals surface area contributed by atoms with Crippen LogP contribution in [-0.2, 0) is 28.7 Å². The Morgan fingerprint density at radius 2 is 1.77 bits per heavy atom. The van der Waals surface area contributed by atoms with Crippen molar-refractivity contribution in [3.05, 3.63) is 24.3 Å². The largest absolute Gasteiger partial charge is 0.466 e. The Balaban J connectivity index is 2.18. The predicted octanol–water partition coefficient (Wildman–Crippen LogP) is 3.22. The normalized spacial score (nSPS) is 14.2. The third kappa shape index (κ3) is 7.38. The minimum atomic E-state index is -0.959. The molecule has 1 aliphatic rings. The molecule has 31 heavy (non-hydrogen) atoms. The number of esters is 2. The predicted molar refractivity (Wildman–Crippen MR) is 117 cm³/mol. The molecule has 2 rings (SSSR count). The Kier molecular flexibility index (Phi) is 8.59. The lowest BCUT2D eigenvalue weighted by molar-refractivity contribution is -0.162. The molecular formula is C23H32N2O6. The van der Waals surface area contributed by atoms with Crippen LogP contribution in [0.5, 0.6) is 0 Å². The van der Waals surface area contributed by atoms with Gasteiger partial charge in [-0.25, -0.2) is 4.79 Å². The summed E-state index contributed by atoms with van der Waals surface area (Å²) in [5.74, 6) is -2.04. The molecule has 8 nitrogen and oxygen atoms in total. The van der Waals surface area contributed by atoms with Crippen molar-refractivity contribution >= 4 is 35.1 Å². The second-order valence-electron chi connectivity index (χ2n) is 8.39. The highest BCUT2D eigenvalue weighted by Gasteiger charge is 2.29. The Morgan fingerprint density at radius 1 is 1.10 bits per heavy atom. The molecule has 0 spiro atoms. The van der Waals surface area contributed by atoms with Crippen LogP contribution in [0.25, 0.3) is 0 Å². The summed E-state index contributed by atoms with van der Waals surface area (Å²) in [6.45, 7) is 7.90. The molecule has 0 bridgehead atoms. The first-order valence-corrected chi connectivity index (χ1v) is 10.7. The SMILES string of the molecule is CCOC(=O)CCCN(C(=O)C(=O)OC(C)(C)C)c1ccc(N2CCCCC2=O)cc1. The molecule has 0 N–H and O–H groups in total. The lowest BCUT2D eigenvalue weighted by Gasteiger charge is -2.28. The molecule has 1 aliphatic heterocycles. The van der Waals surface area contributed by atoms with E-state index in [1.54, 1.807) is 56.9 Å². The van der Waals surface area contributed by atoms with E-state index in [1.165, 1.54) is 4.90 Å². The van der Waals surface area contributed by atoms with Gasteiger partial charge in [-0.15, -0.1) is 0 Å². The van der Waals surface area contributed by atoms with Crippen molar-refractivity contribution < 1.29 is 28.7 Å². The van der Waals surface area contributed by atoms with Gasteiger partial charge in [0.25, 0.3) is 0 Å². The molecule has 1 aromatic carbocycles. The fourth-order valence-electron chi connectivity index (χ4n) is 3.29. The zero-order chi connectivity index (χ0) is 23.0. The van der Waals surface area contributed by atoms with Gasteiger partial charge < -0.3 is 19.3 Å². The molecule has 1 fully saturated rings. The van der Waals surface area contributed by atoms with E-state index in [9.17, 15) is 19.2 Å². The van der Waals surface area contributed by atoms with Crippen molar-refractivity contribution in [1.82, 2.24) is 0 Å². The topological polar surface area (TPSA) is 93.2 Å². The van der Waals surface area contributed by atoms with Crippen molar-refractivity contribution in [2.45, 2.75) is 65.4 Å². The van der Waals surface area contributed by atoms with E-state index in [-0.39, 0.29) is 31.4 Å². The van der Waals surface area contributed by atoms with Gasteiger partial charge in [-0.1, -0.05) is 0 Å². The van der Waals surface area contributed by atoms with Crippen molar-refractivity contribution in [2.24, 2.45) is 0 Å². The van der Waals surface area contributed by atoms with Crippen LogP contribution in [-0.4, -0.2) is 49.1 Å². The van der Waals surface area contributed by atoms with E-state index < -0.39 is 17.5 Å². The van der Waals surface area contributed by atoms with E-state index in [2.05, 4.69) is 0 Å². The lowest BCUT2D eigenvalue weighted by Crippen LogP contribution is -2.41. The van der Waals surface area contributed by atoms with Gasteiger partial charge in [0, 0.05) is 37.3 Å². The van der Waals surface area contributed by atoms with Crippen molar-refractivity contribution in [3.63, 3.8) is 0 Å². The fraction of sp³-hybridized carbons (Fsp3) is 0.565. The summed E-state index contributed by atoms with van der Waals surface area (Å²) >= 11 is 0. The molecule has 0 saturated carbocycles. The smallest absolute Gasteiger partial charge is 0.397 e. The quantitative estimate of drug-likeness (QED) is 0.485. The number of rotatable bonds is 7. The number of benzene rings is 1. The molecular weight excluding hydrogens is 400 g/mol. The van der Waals surface area contributed by atoms with Crippen LogP contribution >= 0.6 is 0 Å². The molecule has 8 heteroatoms. The minimum absolute atomic E-state index is 0.0788. The summed E-state index contributed by atoms with van der Waals surface area (Å²) in [5, 5.41) is 0. The number of hydrogen-bond acceptors (Lipinski definition) is 6. The Morgan fingerprint density at radius 3 is 2.35 bits per heavy atom. The number of nitrogens with zero attached hydrogens (tertiary/aromatic N) is 2. The Labute approximate surface area is 183 Å². The average molecular weight is 433 g/mol. The Bertz CT molecular complexity index is 797. The number of carbonyl (C=O) groups excluding carboxylic acids is 4. The third-order valence-corrected chi connectivity index (χ3v) is 4.68. The van der Waals surface area contributed by atoms with Crippen molar-refractivity contribution in [2.75, 3.05) is 29.5 Å². The van der Waals surface area contributed by atoms with Crippen LogP contribution < -0.4 is 9.80 Å². The fourth-order valence-corrected chi connectivity index (χ4v) is 3.29. The number of piperidine rings is 1. The summed E-state index contributed by atoms with van der Waals surface area (Å²) in [7, 11) is 0. The molecule has 2 amide bonds. The molecule has 0 aliphatic carbocycles. The van der Waals surface area contributed by atoms with Crippen LogP contribution in [0.15, 0.2) is 24.3 Å². The maximum absolute atomic E-state index is 12.8. The van der Waals surface area contributed by atoms with E-state index in [1.807, 2.05) is 0 Å². The van der Waals surface area contributed by atoms with Crippen LogP contribution in [0.3, 0.4) is 0 Å². The number of carbonyl (C=O) groups is 4. The standard InChI is InChI=1S/C23H32N2O6/c1-5-30-20(27)10-8-16-25(21(28)22(29)31-23(2,3)4)18-13-11-17(12-14-18)24-15-7-6-9-19(24)26/h11-14H,5-10,15-16H2,1-4H3. The van der Waals surface area contributed by atoms with Crippen LogP contribution in [0, 0.1) is 0 Å². The third-order valence-electron chi connectivity index (χ3n) is 4.68. The summed E-state index contributed by atoms with van der Waals surface area (Å²) in [6.07, 6.45) is 2.83. The average Bonchev–Trinajstić information content (AvgIpc) is 2.70. The van der Waals surface area contributed by atoms with Crippen LogP contribution in [0.1, 0.15) is 59.8 Å². The van der Waals surface area contributed by atoms with Gasteiger partial charge in [0.05, 0.1) is 6.61 Å². The first-order chi connectivity index (χ1) is 14.6. The zero-order valence-corrected chi connectivity index (χ0v) is 18.8. The summed E-state index contributed by atoms with van der Waals surface area (Å²) < 4.78 is 10.2. The number of ether oxygens (including phenoxy) is 2. The highest BCUT2D eigenvalue weighted by Crippen LogP contribution is 2.25. The molecule has 0 radical (unpaired) electrons. The summed E-state index contributed by atoms with van der Waals surface area (Å²) in [6, 6.07) is 6.92. The molecule has 1 saturated heterocycles. The van der Waals surface area contributed by atoms with E-state index in [4.69, 9.17) is 9.47 Å². The first-order valence-electron chi connectivity index (χ1n) is 10.7. The summed E-state index contributed by atoms with van der Waals surface area (Å²) in [5.41, 5.74) is 0.444. The van der Waals surface area contributed by atoms with E-state index in [0.29, 0.717) is 25.1 Å². The number of hydrogen-bond donors (Lipinski definition) is 0. The maximum atomic E-state index is 12.8. The monoisotopic (exact) mass is 432 g/mol. The van der Waals surface area contributed by atoms with Gasteiger partial charge >= 0.3 is 17.8 Å². The Hall–Kier alpha value is -2.90. The van der Waals surface area contributed by atoms with E-state index >= 15 is 0 Å². The molecule has 0 aromatic heterocycles. The second kappa shape index (κ2) is 10.9.